The minimum atomic E-state index is 0.0933. The van der Waals surface area contributed by atoms with Crippen LogP contribution in [0.2, 0.25) is 30.1 Å². The van der Waals surface area contributed by atoms with E-state index in [-0.39, 0.29) is 16.5 Å². The largest absolute Gasteiger partial charge is 0.251 e. The third-order valence-electron chi connectivity index (χ3n) is 3.80. The zero-order valence-corrected chi connectivity index (χ0v) is 17.9. The molecule has 0 aliphatic rings. The van der Waals surface area contributed by atoms with Gasteiger partial charge in [-0.15, -0.1) is 0 Å². The van der Waals surface area contributed by atoms with Gasteiger partial charge in [0.15, 0.2) is 0 Å². The van der Waals surface area contributed by atoms with Crippen LogP contribution in [0.3, 0.4) is 0 Å². The first kappa shape index (κ1) is 20.6. The second-order valence-electron chi connectivity index (χ2n) is 5.53. The molecule has 0 bridgehead atoms. The second kappa shape index (κ2) is 8.45. The van der Waals surface area contributed by atoms with Crippen molar-refractivity contribution < 1.29 is 0 Å². The molecule has 0 N–H and O–H groups in total. The molecular formula is C19H8Cl6N2. The summed E-state index contributed by atoms with van der Waals surface area (Å²) in [7, 11) is 0. The topological polar surface area (TPSA) is 36.7 Å². The number of halogens is 6. The molecule has 0 radical (unpaired) electrons. The van der Waals surface area contributed by atoms with Gasteiger partial charge in [0.05, 0.1) is 54.0 Å². The van der Waals surface area contributed by atoms with Crippen molar-refractivity contribution in [3.8, 4) is 28.5 Å². The fourth-order valence-electron chi connectivity index (χ4n) is 2.55. The van der Waals surface area contributed by atoms with Gasteiger partial charge >= 0.3 is 0 Å². The van der Waals surface area contributed by atoms with E-state index in [4.69, 9.17) is 69.6 Å². The molecule has 1 heterocycles. The summed E-state index contributed by atoms with van der Waals surface area (Å²) in [6.45, 7) is 0. The van der Waals surface area contributed by atoms with E-state index in [1.165, 1.54) is 0 Å². The standard InChI is InChI=1S/C19H8Cl6N2/c20-12-5-9(6-13(21)18(12)24)11-1-2-16(27-17(11)3-4-26)10-7-14(22)19(25)15(23)8-10/h1-2,5-8H,3H2. The third-order valence-corrected chi connectivity index (χ3v) is 6.19. The summed E-state index contributed by atoms with van der Waals surface area (Å²) in [5.74, 6) is 0. The van der Waals surface area contributed by atoms with E-state index in [9.17, 15) is 5.26 Å². The molecule has 0 spiro atoms. The highest BCUT2D eigenvalue weighted by atomic mass is 35.5. The number of hydrogen-bond donors (Lipinski definition) is 0. The van der Waals surface area contributed by atoms with Crippen molar-refractivity contribution in [2.45, 2.75) is 6.42 Å². The zero-order valence-electron chi connectivity index (χ0n) is 13.3. The Bertz CT molecular complexity index is 1040. The summed E-state index contributed by atoms with van der Waals surface area (Å²) >= 11 is 36.5. The van der Waals surface area contributed by atoms with Crippen LogP contribution in [-0.4, -0.2) is 4.98 Å². The molecule has 2 aromatic carbocycles. The summed E-state index contributed by atoms with van der Waals surface area (Å²) in [6, 6.07) is 12.5. The molecular weight excluding hydrogens is 469 g/mol. The number of rotatable bonds is 3. The molecule has 0 aliphatic heterocycles. The second-order valence-corrected chi connectivity index (χ2v) is 7.92. The monoisotopic (exact) mass is 474 g/mol. The molecule has 0 aliphatic carbocycles. The van der Waals surface area contributed by atoms with E-state index in [1.54, 1.807) is 30.3 Å². The molecule has 8 heteroatoms. The number of nitriles is 1. The van der Waals surface area contributed by atoms with Crippen molar-refractivity contribution in [2.75, 3.05) is 0 Å². The van der Waals surface area contributed by atoms with Crippen molar-refractivity contribution >= 4 is 69.6 Å². The lowest BCUT2D eigenvalue weighted by Crippen LogP contribution is -1.96. The smallest absolute Gasteiger partial charge is 0.0781 e. The third kappa shape index (κ3) is 4.30. The predicted molar refractivity (Wildman–Crippen MR) is 114 cm³/mol. The van der Waals surface area contributed by atoms with Crippen molar-refractivity contribution in [1.29, 1.82) is 5.26 Å². The summed E-state index contributed by atoms with van der Waals surface area (Å²) in [5, 5.41) is 11.1. The van der Waals surface area contributed by atoms with Crippen LogP contribution in [0.5, 0.6) is 0 Å². The Morgan fingerprint density at radius 1 is 0.741 bits per heavy atom. The van der Waals surface area contributed by atoms with Crippen LogP contribution in [-0.2, 0) is 6.42 Å². The average molecular weight is 477 g/mol. The maximum atomic E-state index is 9.21. The Labute approximate surface area is 186 Å². The summed E-state index contributed by atoms with van der Waals surface area (Å²) in [4.78, 5) is 4.60. The maximum Gasteiger partial charge on any atom is 0.0781 e. The predicted octanol–water partition coefficient (Wildman–Crippen LogP) is 8.40. The molecule has 1 aromatic heterocycles. The van der Waals surface area contributed by atoms with Gasteiger partial charge in [-0.05, 0) is 35.9 Å². The van der Waals surface area contributed by atoms with E-state index in [1.807, 2.05) is 6.07 Å². The lowest BCUT2D eigenvalue weighted by Gasteiger charge is -2.12. The van der Waals surface area contributed by atoms with Gasteiger partial charge in [0, 0.05) is 11.1 Å². The van der Waals surface area contributed by atoms with Gasteiger partial charge in [0.1, 0.15) is 0 Å². The Morgan fingerprint density at radius 3 is 1.70 bits per heavy atom. The Kier molecular flexibility index (Phi) is 6.43. The quantitative estimate of drug-likeness (QED) is 0.356. The fraction of sp³-hybridized carbons (Fsp3) is 0.0526. The number of hydrogen-bond acceptors (Lipinski definition) is 2. The van der Waals surface area contributed by atoms with Gasteiger partial charge in [-0.1, -0.05) is 75.7 Å². The molecule has 136 valence electrons. The van der Waals surface area contributed by atoms with Gasteiger partial charge in [0.2, 0.25) is 0 Å². The van der Waals surface area contributed by atoms with E-state index >= 15 is 0 Å². The molecule has 2 nitrogen and oxygen atoms in total. The fourth-order valence-corrected chi connectivity index (χ4v) is 3.74. The van der Waals surface area contributed by atoms with Gasteiger partial charge in [-0.2, -0.15) is 5.26 Å². The molecule has 0 saturated heterocycles. The van der Waals surface area contributed by atoms with Crippen molar-refractivity contribution in [3.05, 3.63) is 72.2 Å². The maximum absolute atomic E-state index is 9.21. The normalized spacial score (nSPS) is 10.7. The highest BCUT2D eigenvalue weighted by Crippen LogP contribution is 2.38. The highest BCUT2D eigenvalue weighted by Gasteiger charge is 2.14. The van der Waals surface area contributed by atoms with Crippen molar-refractivity contribution in [1.82, 2.24) is 4.98 Å². The SMILES string of the molecule is N#CCc1nc(-c2cc(Cl)c(Cl)c(Cl)c2)ccc1-c1cc(Cl)c(Cl)c(Cl)c1. The molecule has 0 saturated carbocycles. The van der Waals surface area contributed by atoms with Crippen LogP contribution in [0, 0.1) is 11.3 Å². The van der Waals surface area contributed by atoms with E-state index in [2.05, 4.69) is 11.1 Å². The minimum Gasteiger partial charge on any atom is -0.251 e. The first-order chi connectivity index (χ1) is 12.8. The Morgan fingerprint density at radius 2 is 1.22 bits per heavy atom. The van der Waals surface area contributed by atoms with Crippen LogP contribution in [0.1, 0.15) is 5.69 Å². The van der Waals surface area contributed by atoms with Crippen LogP contribution >= 0.6 is 69.6 Å². The van der Waals surface area contributed by atoms with Crippen LogP contribution in [0.15, 0.2) is 36.4 Å². The van der Waals surface area contributed by atoms with Crippen LogP contribution < -0.4 is 0 Å². The number of aromatic nitrogens is 1. The van der Waals surface area contributed by atoms with Crippen LogP contribution in [0.4, 0.5) is 0 Å². The lowest BCUT2D eigenvalue weighted by molar-refractivity contribution is 1.12. The number of nitrogens with zero attached hydrogens (tertiary/aromatic N) is 2. The summed E-state index contributed by atoms with van der Waals surface area (Å²) in [5.41, 5.74) is 3.30. The minimum absolute atomic E-state index is 0.0933. The Balaban J connectivity index is 2.15. The van der Waals surface area contributed by atoms with Gasteiger partial charge in [-0.3, -0.25) is 4.98 Å². The molecule has 0 atom stereocenters. The van der Waals surface area contributed by atoms with Crippen molar-refractivity contribution in [3.63, 3.8) is 0 Å². The summed E-state index contributed by atoms with van der Waals surface area (Å²) < 4.78 is 0. The molecule has 3 rings (SSSR count). The molecule has 0 fully saturated rings. The molecule has 0 amide bonds. The Hall–Kier alpha value is -1.18. The van der Waals surface area contributed by atoms with Gasteiger partial charge in [-0.25, -0.2) is 0 Å². The zero-order chi connectivity index (χ0) is 19.7. The molecule has 27 heavy (non-hydrogen) atoms. The first-order valence-electron chi connectivity index (χ1n) is 7.48. The van der Waals surface area contributed by atoms with E-state index in [0.29, 0.717) is 42.6 Å². The number of benzene rings is 2. The van der Waals surface area contributed by atoms with Crippen LogP contribution in [0.25, 0.3) is 22.4 Å². The molecule has 0 unspecified atom stereocenters. The van der Waals surface area contributed by atoms with Gasteiger partial charge < -0.3 is 0 Å². The van der Waals surface area contributed by atoms with E-state index in [0.717, 1.165) is 5.56 Å². The number of pyridine rings is 1. The van der Waals surface area contributed by atoms with Gasteiger partial charge in [0.25, 0.3) is 0 Å². The van der Waals surface area contributed by atoms with Crippen molar-refractivity contribution in [2.24, 2.45) is 0 Å². The lowest BCUT2D eigenvalue weighted by atomic mass is 10.0. The highest BCUT2D eigenvalue weighted by molar-refractivity contribution is 6.49. The first-order valence-corrected chi connectivity index (χ1v) is 9.75. The van der Waals surface area contributed by atoms with E-state index < -0.39 is 0 Å². The molecule has 3 aromatic rings. The average Bonchev–Trinajstić information content (AvgIpc) is 2.63. The summed E-state index contributed by atoms with van der Waals surface area (Å²) in [6.07, 6.45) is 0.0933.